The SMILES string of the molecule is COc1ccc2c(N3CC4CCNC(=O)C4C3)cc(C3=C=C=C(OCCn4cccn4)C=C3)nc2c1. The highest BCUT2D eigenvalue weighted by atomic mass is 16.5. The monoisotopic (exact) mass is 481 g/mol. The molecule has 182 valence electrons. The first kappa shape index (κ1) is 22.2. The molecule has 2 atom stereocenters. The van der Waals surface area contributed by atoms with E-state index >= 15 is 0 Å². The molecule has 2 aromatic heterocycles. The van der Waals surface area contributed by atoms with Gasteiger partial charge in [-0.1, -0.05) is 5.73 Å². The van der Waals surface area contributed by atoms with Gasteiger partial charge in [-0.05, 0) is 54.5 Å². The second-order valence-corrected chi connectivity index (χ2v) is 9.24. The molecule has 2 fully saturated rings. The van der Waals surface area contributed by atoms with Crippen LogP contribution in [0, 0.1) is 11.8 Å². The molecule has 4 heterocycles. The first-order valence-corrected chi connectivity index (χ1v) is 12.2. The van der Waals surface area contributed by atoms with E-state index in [4.69, 9.17) is 14.5 Å². The minimum atomic E-state index is 0.0294. The van der Waals surface area contributed by atoms with Crippen LogP contribution in [-0.4, -0.2) is 54.0 Å². The van der Waals surface area contributed by atoms with E-state index in [0.717, 1.165) is 53.1 Å². The van der Waals surface area contributed by atoms with E-state index in [1.165, 1.54) is 0 Å². The molecular weight excluding hydrogens is 454 g/mol. The minimum absolute atomic E-state index is 0.0294. The maximum absolute atomic E-state index is 12.5. The highest BCUT2D eigenvalue weighted by molar-refractivity contribution is 5.95. The van der Waals surface area contributed by atoms with Gasteiger partial charge in [0.15, 0.2) is 5.76 Å². The second kappa shape index (κ2) is 9.42. The Balaban J connectivity index is 1.33. The fraction of sp³-hybridized carbons (Fsp3) is 0.321. The normalized spacial score (nSPS) is 20.7. The molecule has 3 aliphatic rings. The van der Waals surface area contributed by atoms with Gasteiger partial charge in [0.1, 0.15) is 12.4 Å². The molecule has 8 nitrogen and oxygen atoms in total. The molecular formula is C28H27N5O3. The van der Waals surface area contributed by atoms with Crippen molar-refractivity contribution in [2.75, 3.05) is 38.3 Å². The van der Waals surface area contributed by atoms with Gasteiger partial charge in [0.05, 0.1) is 36.4 Å². The number of nitrogens with one attached hydrogen (secondary N) is 1. The van der Waals surface area contributed by atoms with Crippen LogP contribution in [0.4, 0.5) is 5.69 Å². The van der Waals surface area contributed by atoms with E-state index < -0.39 is 0 Å². The van der Waals surface area contributed by atoms with Crippen LogP contribution in [0.1, 0.15) is 12.1 Å². The Labute approximate surface area is 209 Å². The number of allylic oxidation sites excluding steroid dienone is 3. The highest BCUT2D eigenvalue weighted by Gasteiger charge is 2.40. The molecule has 1 aromatic carbocycles. The second-order valence-electron chi connectivity index (χ2n) is 9.24. The average molecular weight is 482 g/mol. The third-order valence-corrected chi connectivity index (χ3v) is 7.06. The molecule has 0 spiro atoms. The quantitative estimate of drug-likeness (QED) is 0.522. The van der Waals surface area contributed by atoms with Crippen molar-refractivity contribution in [2.45, 2.75) is 13.0 Å². The molecule has 2 aliphatic heterocycles. The molecule has 3 aromatic rings. The van der Waals surface area contributed by atoms with Gasteiger partial charge < -0.3 is 19.7 Å². The summed E-state index contributed by atoms with van der Waals surface area (Å²) in [6.45, 7) is 3.49. The average Bonchev–Trinajstić information content (AvgIpc) is 3.59. The number of piperidine rings is 1. The summed E-state index contributed by atoms with van der Waals surface area (Å²) in [5.41, 5.74) is 9.87. The smallest absolute Gasteiger partial charge is 0.225 e. The number of pyridine rings is 1. The number of hydrogen-bond acceptors (Lipinski definition) is 6. The Morgan fingerprint density at radius 1 is 1.19 bits per heavy atom. The standard InChI is InChI=1S/C28H27N5O3/c1-35-22-7-8-23-26(15-22)31-25(16-27(23)32-17-20-9-11-29-28(34)24(20)18-32)19-3-5-21(6-4-19)36-14-13-33-12-2-10-30-33/h2-3,5,7-8,10,12,15-16,20,24H,9,11,13-14,17-18H2,1H3,(H,29,34). The van der Waals surface area contributed by atoms with Crippen molar-refractivity contribution in [3.05, 3.63) is 77.8 Å². The summed E-state index contributed by atoms with van der Waals surface area (Å²) in [5, 5.41) is 8.25. The minimum Gasteiger partial charge on any atom is -0.497 e. The molecule has 1 N–H and O–H groups in total. The van der Waals surface area contributed by atoms with Crippen LogP contribution >= 0.6 is 0 Å². The summed E-state index contributed by atoms with van der Waals surface area (Å²) < 4.78 is 13.1. The van der Waals surface area contributed by atoms with Gasteiger partial charge in [0, 0.05) is 49.2 Å². The zero-order chi connectivity index (χ0) is 24.5. The van der Waals surface area contributed by atoms with Crippen LogP contribution < -0.4 is 15.0 Å². The van der Waals surface area contributed by atoms with Crippen molar-refractivity contribution in [2.24, 2.45) is 11.8 Å². The van der Waals surface area contributed by atoms with Gasteiger partial charge in [0.25, 0.3) is 0 Å². The number of hydrogen-bond donors (Lipinski definition) is 1. The molecule has 6 rings (SSSR count). The summed E-state index contributed by atoms with van der Waals surface area (Å²) in [7, 11) is 1.66. The number of aromatic nitrogens is 3. The Bertz CT molecular complexity index is 1450. The lowest BCUT2D eigenvalue weighted by Crippen LogP contribution is -2.41. The van der Waals surface area contributed by atoms with Crippen molar-refractivity contribution in [1.29, 1.82) is 0 Å². The summed E-state index contributed by atoms with van der Waals surface area (Å²) >= 11 is 0. The van der Waals surface area contributed by atoms with Gasteiger partial charge in [-0.3, -0.25) is 9.48 Å². The van der Waals surface area contributed by atoms with Crippen molar-refractivity contribution < 1.29 is 14.3 Å². The summed E-state index contributed by atoms with van der Waals surface area (Å²) in [4.78, 5) is 19.7. The predicted octanol–water partition coefficient (Wildman–Crippen LogP) is 3.32. The van der Waals surface area contributed by atoms with E-state index in [2.05, 4.69) is 38.9 Å². The maximum atomic E-state index is 12.5. The van der Waals surface area contributed by atoms with E-state index in [1.807, 2.05) is 41.2 Å². The Morgan fingerprint density at radius 2 is 2.14 bits per heavy atom. The maximum Gasteiger partial charge on any atom is 0.225 e. The molecule has 8 heteroatoms. The van der Waals surface area contributed by atoms with Crippen LogP contribution in [0.2, 0.25) is 0 Å². The largest absolute Gasteiger partial charge is 0.497 e. The lowest BCUT2D eigenvalue weighted by molar-refractivity contribution is -0.127. The fourth-order valence-corrected chi connectivity index (χ4v) is 5.17. The van der Waals surface area contributed by atoms with E-state index in [0.29, 0.717) is 31.4 Å². The molecule has 0 bridgehead atoms. The van der Waals surface area contributed by atoms with Crippen molar-refractivity contribution in [3.8, 4) is 5.75 Å². The molecule has 1 aliphatic carbocycles. The Hall–Kier alpha value is -4.25. The number of carbonyl (C=O) groups excluding carboxylic acids is 1. The number of rotatable bonds is 7. The van der Waals surface area contributed by atoms with Gasteiger partial charge in [0.2, 0.25) is 5.91 Å². The molecule has 2 unspecified atom stereocenters. The van der Waals surface area contributed by atoms with Crippen molar-refractivity contribution in [3.63, 3.8) is 0 Å². The first-order valence-electron chi connectivity index (χ1n) is 12.2. The zero-order valence-corrected chi connectivity index (χ0v) is 20.1. The third-order valence-electron chi connectivity index (χ3n) is 7.06. The van der Waals surface area contributed by atoms with Gasteiger partial charge >= 0.3 is 0 Å². The third kappa shape index (κ3) is 4.29. The number of anilines is 1. The lowest BCUT2D eigenvalue weighted by Gasteiger charge is -2.23. The molecule has 2 saturated heterocycles. The lowest BCUT2D eigenvalue weighted by atomic mass is 9.89. The highest BCUT2D eigenvalue weighted by Crippen LogP contribution is 2.38. The number of nitrogens with zero attached hydrogens (tertiary/aromatic N) is 4. The van der Waals surface area contributed by atoms with Crippen LogP contribution in [-0.2, 0) is 16.1 Å². The van der Waals surface area contributed by atoms with Crippen LogP contribution in [0.3, 0.4) is 0 Å². The summed E-state index contributed by atoms with van der Waals surface area (Å²) in [6.07, 6.45) is 8.51. The summed E-state index contributed by atoms with van der Waals surface area (Å²) in [6, 6.07) is 9.95. The van der Waals surface area contributed by atoms with Crippen molar-refractivity contribution in [1.82, 2.24) is 20.1 Å². The van der Waals surface area contributed by atoms with E-state index in [-0.39, 0.29) is 11.8 Å². The number of amides is 1. The van der Waals surface area contributed by atoms with Crippen LogP contribution in [0.5, 0.6) is 5.75 Å². The van der Waals surface area contributed by atoms with E-state index in [9.17, 15) is 4.79 Å². The Morgan fingerprint density at radius 3 is 2.92 bits per heavy atom. The van der Waals surface area contributed by atoms with E-state index in [1.54, 1.807) is 13.3 Å². The van der Waals surface area contributed by atoms with Gasteiger partial charge in [-0.15, -0.1) is 0 Å². The zero-order valence-electron chi connectivity index (χ0n) is 20.1. The number of methoxy groups -OCH3 is 1. The molecule has 0 radical (unpaired) electrons. The van der Waals surface area contributed by atoms with Crippen molar-refractivity contribution >= 4 is 28.1 Å². The number of fused-ring (bicyclic) bond motifs is 2. The van der Waals surface area contributed by atoms with Gasteiger partial charge in [-0.2, -0.15) is 5.10 Å². The topological polar surface area (TPSA) is 81.5 Å². The number of benzene rings is 1. The predicted molar refractivity (Wildman–Crippen MR) is 136 cm³/mol. The Kier molecular flexibility index (Phi) is 5.82. The van der Waals surface area contributed by atoms with Crippen LogP contribution in [0.25, 0.3) is 16.5 Å². The molecule has 36 heavy (non-hydrogen) atoms. The number of ether oxygens (including phenoxy) is 2. The first-order chi connectivity index (χ1) is 17.7. The molecule has 0 saturated carbocycles. The van der Waals surface area contributed by atoms with Gasteiger partial charge in [-0.25, -0.2) is 4.98 Å². The summed E-state index contributed by atoms with van der Waals surface area (Å²) in [5.74, 6) is 1.95. The molecule has 1 amide bonds. The fourth-order valence-electron chi connectivity index (χ4n) is 5.17. The number of carbonyl (C=O) groups is 1. The van der Waals surface area contributed by atoms with Crippen LogP contribution in [0.15, 0.2) is 72.1 Å².